The van der Waals surface area contributed by atoms with Gasteiger partial charge in [-0.15, -0.1) is 0 Å². The molecule has 34 heavy (non-hydrogen) atoms. The maximum atomic E-state index is 13.1. The van der Waals surface area contributed by atoms with Crippen molar-refractivity contribution in [2.45, 2.75) is 30.8 Å². The van der Waals surface area contributed by atoms with Crippen molar-refractivity contribution < 1.29 is 22.7 Å². The Kier molecular flexibility index (Phi) is 8.04. The van der Waals surface area contributed by atoms with Crippen LogP contribution in [0.15, 0.2) is 47.4 Å². The summed E-state index contributed by atoms with van der Waals surface area (Å²) in [7, 11) is -3.66. The van der Waals surface area contributed by atoms with Crippen molar-refractivity contribution >= 4 is 33.0 Å². The quantitative estimate of drug-likeness (QED) is 0.498. The van der Waals surface area contributed by atoms with Crippen LogP contribution in [0.2, 0.25) is 0 Å². The summed E-state index contributed by atoms with van der Waals surface area (Å²) in [5.41, 5.74) is 3.08. The molecule has 2 aromatic rings. The molecular weight excluding hydrogens is 456 g/mol. The minimum atomic E-state index is -3.66. The minimum absolute atomic E-state index is 0.0104. The molecule has 2 fully saturated rings. The molecule has 0 bridgehead atoms. The molecule has 3 N–H and O–H groups in total. The van der Waals surface area contributed by atoms with Gasteiger partial charge >= 0.3 is 0 Å². The number of sulfonamides is 1. The maximum absolute atomic E-state index is 13.1. The first-order valence-corrected chi connectivity index (χ1v) is 13.0. The Hall–Kier alpha value is -2.66. The molecule has 0 saturated carbocycles. The van der Waals surface area contributed by atoms with Gasteiger partial charge in [-0.1, -0.05) is 17.7 Å². The highest BCUT2D eigenvalue weighted by Gasteiger charge is 2.27. The number of morpholine rings is 1. The van der Waals surface area contributed by atoms with Crippen LogP contribution in [0.4, 0.5) is 17.1 Å². The molecule has 0 aliphatic carbocycles. The number of anilines is 3. The number of ether oxygens (including phenoxy) is 2. The first kappa shape index (κ1) is 24.5. The van der Waals surface area contributed by atoms with E-state index in [-0.39, 0.29) is 23.5 Å². The molecular formula is C24H32N4O5S. The van der Waals surface area contributed by atoms with E-state index in [1.54, 1.807) is 18.2 Å². The van der Waals surface area contributed by atoms with Crippen LogP contribution < -0.4 is 16.0 Å². The standard InChI is InChI=1S/C24H32N4O5S/c1-18-4-6-19(7-5-18)27-24(29)17-26-23-15-21(34(30,31)28-10-13-32-14-11-28)8-9-22(23)25-16-20-3-2-12-33-20/h4-9,15,20,25-26H,2-3,10-14,16-17H2,1H3,(H,27,29)/t20-/m1/s1. The first-order valence-electron chi connectivity index (χ1n) is 11.6. The average Bonchev–Trinajstić information content (AvgIpc) is 3.37. The van der Waals surface area contributed by atoms with Gasteiger partial charge in [-0.05, 0) is 50.1 Å². The monoisotopic (exact) mass is 488 g/mol. The Balaban J connectivity index is 1.49. The maximum Gasteiger partial charge on any atom is 0.243 e. The highest BCUT2D eigenvalue weighted by Crippen LogP contribution is 2.28. The fourth-order valence-electron chi connectivity index (χ4n) is 3.97. The third-order valence-corrected chi connectivity index (χ3v) is 7.81. The molecule has 1 atom stereocenters. The van der Waals surface area contributed by atoms with Gasteiger partial charge in [0, 0.05) is 31.9 Å². The van der Waals surface area contributed by atoms with Crippen LogP contribution in [-0.2, 0) is 24.3 Å². The fraction of sp³-hybridized carbons (Fsp3) is 0.458. The highest BCUT2D eigenvalue weighted by atomic mass is 32.2. The van der Waals surface area contributed by atoms with Gasteiger partial charge in [-0.25, -0.2) is 8.42 Å². The van der Waals surface area contributed by atoms with Gasteiger partial charge in [-0.2, -0.15) is 4.31 Å². The van der Waals surface area contributed by atoms with Crippen LogP contribution in [0, 0.1) is 6.92 Å². The van der Waals surface area contributed by atoms with E-state index in [0.29, 0.717) is 44.2 Å². The second-order valence-corrected chi connectivity index (χ2v) is 10.4. The van der Waals surface area contributed by atoms with Crippen molar-refractivity contribution in [1.29, 1.82) is 0 Å². The van der Waals surface area contributed by atoms with E-state index in [1.807, 2.05) is 31.2 Å². The molecule has 0 spiro atoms. The molecule has 4 rings (SSSR count). The highest BCUT2D eigenvalue weighted by molar-refractivity contribution is 7.89. The van der Waals surface area contributed by atoms with Gasteiger partial charge in [0.1, 0.15) is 0 Å². The molecule has 0 radical (unpaired) electrons. The van der Waals surface area contributed by atoms with Gasteiger partial charge < -0.3 is 25.4 Å². The van der Waals surface area contributed by atoms with Crippen LogP contribution in [-0.4, -0.2) is 70.7 Å². The molecule has 2 heterocycles. The van der Waals surface area contributed by atoms with Gasteiger partial charge in [-0.3, -0.25) is 4.79 Å². The van der Waals surface area contributed by atoms with E-state index >= 15 is 0 Å². The molecule has 2 aromatic carbocycles. The van der Waals surface area contributed by atoms with Crippen LogP contribution in [0.25, 0.3) is 0 Å². The van der Waals surface area contributed by atoms with Gasteiger partial charge in [0.05, 0.1) is 42.1 Å². The zero-order valence-corrected chi connectivity index (χ0v) is 20.2. The van der Waals surface area contributed by atoms with E-state index in [0.717, 1.165) is 30.7 Å². The van der Waals surface area contributed by atoms with Gasteiger partial charge in [0.15, 0.2) is 0 Å². The molecule has 2 aliphatic rings. The lowest BCUT2D eigenvalue weighted by Gasteiger charge is -2.26. The fourth-order valence-corrected chi connectivity index (χ4v) is 5.40. The number of nitrogens with one attached hydrogen (secondary N) is 3. The topological polar surface area (TPSA) is 109 Å². The van der Waals surface area contributed by atoms with Crippen LogP contribution in [0.5, 0.6) is 0 Å². The second-order valence-electron chi connectivity index (χ2n) is 8.51. The van der Waals surface area contributed by atoms with E-state index in [2.05, 4.69) is 16.0 Å². The van der Waals surface area contributed by atoms with Crippen molar-refractivity contribution in [3.05, 3.63) is 48.0 Å². The molecule has 184 valence electrons. The lowest BCUT2D eigenvalue weighted by Crippen LogP contribution is -2.40. The predicted molar refractivity (Wildman–Crippen MR) is 132 cm³/mol. The molecule has 0 aromatic heterocycles. The number of aryl methyl sites for hydroxylation is 1. The van der Waals surface area contributed by atoms with Crippen molar-refractivity contribution in [3.8, 4) is 0 Å². The van der Waals surface area contributed by atoms with E-state index in [4.69, 9.17) is 9.47 Å². The zero-order chi connectivity index (χ0) is 24.0. The molecule has 2 aliphatic heterocycles. The molecule has 1 amide bonds. The third kappa shape index (κ3) is 6.26. The summed E-state index contributed by atoms with van der Waals surface area (Å²) in [6.45, 7) is 4.74. The Morgan fingerprint density at radius 2 is 1.79 bits per heavy atom. The van der Waals surface area contributed by atoms with Crippen LogP contribution in [0.1, 0.15) is 18.4 Å². The third-order valence-electron chi connectivity index (χ3n) is 5.92. The number of nitrogens with zero attached hydrogens (tertiary/aromatic N) is 1. The number of hydrogen-bond donors (Lipinski definition) is 3. The van der Waals surface area contributed by atoms with Crippen LogP contribution >= 0.6 is 0 Å². The smallest absolute Gasteiger partial charge is 0.243 e. The Morgan fingerprint density at radius 1 is 1.03 bits per heavy atom. The van der Waals surface area contributed by atoms with Crippen molar-refractivity contribution in [2.75, 3.05) is 62.0 Å². The lowest BCUT2D eigenvalue weighted by atomic mass is 10.2. The number of hydrogen-bond acceptors (Lipinski definition) is 7. The molecule has 0 unspecified atom stereocenters. The average molecular weight is 489 g/mol. The molecule has 9 nitrogen and oxygen atoms in total. The number of benzene rings is 2. The predicted octanol–water partition coefficient (Wildman–Crippen LogP) is 2.66. The van der Waals surface area contributed by atoms with E-state index in [1.165, 1.54) is 4.31 Å². The SMILES string of the molecule is Cc1ccc(NC(=O)CNc2cc(S(=O)(=O)N3CCOCC3)ccc2NC[C@H]2CCCO2)cc1. The second kappa shape index (κ2) is 11.2. The van der Waals surface area contributed by atoms with E-state index < -0.39 is 10.0 Å². The lowest BCUT2D eigenvalue weighted by molar-refractivity contribution is -0.114. The van der Waals surface area contributed by atoms with Crippen molar-refractivity contribution in [2.24, 2.45) is 0 Å². The Labute approximate surface area is 200 Å². The number of carbonyl (C=O) groups is 1. The summed E-state index contributed by atoms with van der Waals surface area (Å²) >= 11 is 0. The summed E-state index contributed by atoms with van der Waals surface area (Å²) in [5, 5.41) is 9.31. The van der Waals surface area contributed by atoms with Crippen molar-refractivity contribution in [3.63, 3.8) is 0 Å². The summed E-state index contributed by atoms with van der Waals surface area (Å²) in [4.78, 5) is 12.7. The van der Waals surface area contributed by atoms with Crippen LogP contribution in [0.3, 0.4) is 0 Å². The summed E-state index contributed by atoms with van der Waals surface area (Å²) in [6, 6.07) is 12.5. The normalized spacial score (nSPS) is 19.0. The number of rotatable bonds is 9. The van der Waals surface area contributed by atoms with Gasteiger partial charge in [0.25, 0.3) is 0 Å². The molecule has 10 heteroatoms. The Morgan fingerprint density at radius 3 is 2.50 bits per heavy atom. The zero-order valence-electron chi connectivity index (χ0n) is 19.4. The number of carbonyl (C=O) groups excluding carboxylic acids is 1. The minimum Gasteiger partial charge on any atom is -0.381 e. The largest absolute Gasteiger partial charge is 0.381 e. The van der Waals surface area contributed by atoms with Crippen molar-refractivity contribution in [1.82, 2.24) is 4.31 Å². The summed E-state index contributed by atoms with van der Waals surface area (Å²) < 4.78 is 38.7. The first-order chi connectivity index (χ1) is 16.4. The van der Waals surface area contributed by atoms with Gasteiger partial charge in [0.2, 0.25) is 15.9 Å². The Bertz CT molecular complexity index is 1080. The summed E-state index contributed by atoms with van der Waals surface area (Å²) in [6.07, 6.45) is 2.14. The van der Waals surface area contributed by atoms with E-state index in [9.17, 15) is 13.2 Å². The summed E-state index contributed by atoms with van der Waals surface area (Å²) in [5.74, 6) is -0.227. The molecule has 2 saturated heterocycles. The number of amides is 1.